The van der Waals surface area contributed by atoms with Crippen molar-refractivity contribution >= 4 is 0 Å². The van der Waals surface area contributed by atoms with Crippen molar-refractivity contribution in [1.29, 1.82) is 0 Å². The Hall–Kier alpha value is 0.363. The topological polar surface area (TPSA) is 0 Å². The zero-order valence-electron chi connectivity index (χ0n) is 7.57. The van der Waals surface area contributed by atoms with Gasteiger partial charge in [-0.3, -0.25) is 0 Å². The van der Waals surface area contributed by atoms with E-state index in [2.05, 4.69) is 26.8 Å². The third-order valence-corrected chi connectivity index (χ3v) is 3.90. The van der Waals surface area contributed by atoms with Crippen LogP contribution in [0.2, 0.25) is 0 Å². The number of rotatable bonds is 2. The third-order valence-electron chi connectivity index (χ3n) is 2.06. The molecule has 0 aromatic rings. The SMILES string of the molecule is CC1=CCC(CC(C)C)=[C]1[Zr]. The van der Waals surface area contributed by atoms with E-state index in [0.717, 1.165) is 5.92 Å². The first-order chi connectivity index (χ1) is 5.11. The summed E-state index contributed by atoms with van der Waals surface area (Å²) in [6, 6.07) is 0. The van der Waals surface area contributed by atoms with E-state index in [9.17, 15) is 0 Å². The summed E-state index contributed by atoms with van der Waals surface area (Å²) in [6.07, 6.45) is 4.89. The van der Waals surface area contributed by atoms with Crippen LogP contribution < -0.4 is 0 Å². The van der Waals surface area contributed by atoms with Crippen LogP contribution in [0.25, 0.3) is 0 Å². The van der Waals surface area contributed by atoms with Crippen LogP contribution in [0.4, 0.5) is 0 Å². The van der Waals surface area contributed by atoms with E-state index in [0.29, 0.717) is 0 Å². The van der Waals surface area contributed by atoms with Gasteiger partial charge in [-0.2, -0.15) is 0 Å². The number of allylic oxidation sites excluding steroid dienone is 4. The molecule has 1 rings (SSSR count). The maximum absolute atomic E-state index is 2.36. The molecule has 0 unspecified atom stereocenters. The number of hydrogen-bond acceptors (Lipinski definition) is 0. The van der Waals surface area contributed by atoms with Crippen molar-refractivity contribution in [2.24, 2.45) is 5.92 Å². The van der Waals surface area contributed by atoms with Crippen molar-refractivity contribution in [1.82, 2.24) is 0 Å². The quantitative estimate of drug-likeness (QED) is 0.678. The van der Waals surface area contributed by atoms with Crippen LogP contribution in [0.15, 0.2) is 20.5 Å². The van der Waals surface area contributed by atoms with Crippen LogP contribution in [0, 0.1) is 5.92 Å². The van der Waals surface area contributed by atoms with Gasteiger partial charge >= 0.3 is 84.8 Å². The van der Waals surface area contributed by atoms with Crippen molar-refractivity contribution in [3.8, 4) is 0 Å². The van der Waals surface area contributed by atoms with Gasteiger partial charge in [-0.1, -0.05) is 0 Å². The number of hydrogen-bond donors (Lipinski definition) is 0. The Morgan fingerprint density at radius 2 is 2.18 bits per heavy atom. The van der Waals surface area contributed by atoms with Crippen LogP contribution in [0.1, 0.15) is 33.6 Å². The molecule has 0 spiro atoms. The molecule has 59 valence electrons. The molecule has 0 saturated heterocycles. The third kappa shape index (κ3) is 2.40. The fraction of sp³-hybridized carbons (Fsp3) is 0.600. The first-order valence-electron chi connectivity index (χ1n) is 4.22. The molecular formula is C10H15Zr. The molecule has 0 radical (unpaired) electrons. The van der Waals surface area contributed by atoms with Gasteiger partial charge in [0.15, 0.2) is 0 Å². The van der Waals surface area contributed by atoms with E-state index in [1.54, 1.807) is 33.6 Å². The molecule has 0 N–H and O–H groups in total. The standard InChI is InChI=1S/C10H15.Zr/c1-8(2)6-10-5-4-9(3)7-10;/h4,8H,5-6H2,1-3H3;. The van der Waals surface area contributed by atoms with E-state index in [-0.39, 0.29) is 0 Å². The van der Waals surface area contributed by atoms with Crippen LogP contribution in [0.5, 0.6) is 0 Å². The molecule has 1 aliphatic carbocycles. The van der Waals surface area contributed by atoms with Gasteiger partial charge in [-0.05, 0) is 0 Å². The summed E-state index contributed by atoms with van der Waals surface area (Å²) >= 11 is 1.59. The second-order valence-electron chi connectivity index (χ2n) is 3.67. The van der Waals surface area contributed by atoms with Gasteiger partial charge in [0.25, 0.3) is 0 Å². The Labute approximate surface area is 84.6 Å². The summed E-state index contributed by atoms with van der Waals surface area (Å²) in [4.78, 5) is 0. The van der Waals surface area contributed by atoms with Crippen molar-refractivity contribution in [3.63, 3.8) is 0 Å². The van der Waals surface area contributed by atoms with E-state index < -0.39 is 0 Å². The van der Waals surface area contributed by atoms with Crippen LogP contribution in [-0.4, -0.2) is 0 Å². The van der Waals surface area contributed by atoms with Gasteiger partial charge in [0, 0.05) is 0 Å². The van der Waals surface area contributed by atoms with E-state index in [1.165, 1.54) is 18.4 Å². The molecule has 0 heterocycles. The summed E-state index contributed by atoms with van der Waals surface area (Å²) in [5.74, 6) is 0.819. The molecule has 0 aromatic heterocycles. The Morgan fingerprint density at radius 3 is 2.55 bits per heavy atom. The summed E-state index contributed by atoms with van der Waals surface area (Å²) in [5.41, 5.74) is 3.22. The van der Waals surface area contributed by atoms with E-state index in [4.69, 9.17) is 0 Å². The minimum absolute atomic E-state index is 0.819. The van der Waals surface area contributed by atoms with Crippen LogP contribution >= 0.6 is 0 Å². The first kappa shape index (κ1) is 9.45. The second kappa shape index (κ2) is 3.85. The maximum atomic E-state index is 2.36. The van der Waals surface area contributed by atoms with E-state index in [1.807, 2.05) is 0 Å². The molecule has 0 nitrogen and oxygen atoms in total. The van der Waals surface area contributed by atoms with Gasteiger partial charge in [-0.25, -0.2) is 0 Å². The molecule has 0 aromatic carbocycles. The summed E-state index contributed by atoms with van der Waals surface area (Å²) in [7, 11) is 0. The Bertz CT molecular complexity index is 209. The van der Waals surface area contributed by atoms with Gasteiger partial charge < -0.3 is 0 Å². The fourth-order valence-electron chi connectivity index (χ4n) is 1.44. The Balaban J connectivity index is 2.63. The molecule has 0 aliphatic heterocycles. The zero-order chi connectivity index (χ0) is 8.43. The van der Waals surface area contributed by atoms with Crippen molar-refractivity contribution in [3.05, 3.63) is 20.5 Å². The first-order valence-corrected chi connectivity index (χ1v) is 5.45. The van der Waals surface area contributed by atoms with Gasteiger partial charge in [0.05, 0.1) is 0 Å². The zero-order valence-corrected chi connectivity index (χ0v) is 10.0. The average Bonchev–Trinajstić information content (AvgIpc) is 2.18. The Morgan fingerprint density at radius 1 is 1.55 bits per heavy atom. The Kier molecular flexibility index (Phi) is 3.31. The fourth-order valence-corrected chi connectivity index (χ4v) is 2.19. The summed E-state index contributed by atoms with van der Waals surface area (Å²) in [6.45, 7) is 6.82. The molecule has 11 heavy (non-hydrogen) atoms. The van der Waals surface area contributed by atoms with Gasteiger partial charge in [0.1, 0.15) is 0 Å². The molecule has 0 saturated carbocycles. The van der Waals surface area contributed by atoms with E-state index >= 15 is 0 Å². The minimum atomic E-state index is 0.819. The molecule has 1 aliphatic rings. The summed E-state index contributed by atoms with van der Waals surface area (Å²) in [5, 5.41) is 0. The molecule has 0 amide bonds. The monoisotopic (exact) mass is 225 g/mol. The van der Waals surface area contributed by atoms with Crippen LogP contribution in [0.3, 0.4) is 0 Å². The van der Waals surface area contributed by atoms with Crippen molar-refractivity contribution in [2.75, 3.05) is 0 Å². The predicted octanol–water partition coefficient (Wildman–Crippen LogP) is 3.18. The van der Waals surface area contributed by atoms with Crippen LogP contribution in [-0.2, 0) is 24.7 Å². The van der Waals surface area contributed by atoms with Gasteiger partial charge in [0.2, 0.25) is 0 Å². The molecule has 1 heteroatoms. The molecule has 0 fully saturated rings. The molecular weight excluding hydrogens is 211 g/mol. The predicted molar refractivity (Wildman–Crippen MR) is 44.9 cm³/mol. The molecule has 0 bridgehead atoms. The summed E-state index contributed by atoms with van der Waals surface area (Å²) < 4.78 is 1.63. The second-order valence-corrected chi connectivity index (χ2v) is 4.90. The molecule has 0 atom stereocenters. The van der Waals surface area contributed by atoms with Crippen molar-refractivity contribution in [2.45, 2.75) is 33.6 Å². The average molecular weight is 226 g/mol. The normalized spacial score (nSPS) is 17.9. The van der Waals surface area contributed by atoms with Crippen molar-refractivity contribution < 1.29 is 24.7 Å². The van der Waals surface area contributed by atoms with Gasteiger partial charge in [-0.15, -0.1) is 0 Å².